The highest BCUT2D eigenvalue weighted by Gasteiger charge is 2.29. The molecule has 0 radical (unpaired) electrons. The Bertz CT molecular complexity index is 279. The second-order valence-corrected chi connectivity index (χ2v) is 4.61. The third-order valence-corrected chi connectivity index (χ3v) is 2.83. The monoisotopic (exact) mass is 242 g/mol. The van der Waals surface area contributed by atoms with Gasteiger partial charge in [-0.15, -0.1) is 0 Å². The number of unbranched alkanes of at least 4 members (excludes halogenated alkanes) is 1. The largest absolute Gasteiger partial charge is 0.379 e. The van der Waals surface area contributed by atoms with Crippen LogP contribution in [0.4, 0.5) is 0 Å². The lowest BCUT2D eigenvalue weighted by molar-refractivity contribution is -0.144. The van der Waals surface area contributed by atoms with Crippen LogP contribution in [0.1, 0.15) is 33.6 Å². The zero-order valence-electron chi connectivity index (χ0n) is 10.9. The highest BCUT2D eigenvalue weighted by molar-refractivity contribution is 5.94. The Labute approximate surface area is 102 Å². The molecule has 0 spiro atoms. The van der Waals surface area contributed by atoms with E-state index in [1.54, 1.807) is 11.8 Å². The number of hydrogen-bond donors (Lipinski definition) is 1. The molecule has 98 valence electrons. The van der Waals surface area contributed by atoms with Crippen LogP contribution in [-0.2, 0) is 14.3 Å². The van der Waals surface area contributed by atoms with Crippen molar-refractivity contribution in [3.63, 3.8) is 0 Å². The summed E-state index contributed by atoms with van der Waals surface area (Å²) in [4.78, 5) is 24.6. The van der Waals surface area contributed by atoms with Crippen LogP contribution in [0.5, 0.6) is 0 Å². The number of hydrogen-bond acceptors (Lipinski definition) is 3. The van der Waals surface area contributed by atoms with Gasteiger partial charge >= 0.3 is 0 Å². The van der Waals surface area contributed by atoms with Crippen molar-refractivity contribution in [3.8, 4) is 0 Å². The van der Waals surface area contributed by atoms with E-state index in [0.29, 0.717) is 13.2 Å². The molecule has 0 saturated carbocycles. The number of nitrogens with zero attached hydrogens (tertiary/aromatic N) is 1. The number of amides is 2. The third-order valence-electron chi connectivity index (χ3n) is 2.83. The Kier molecular flexibility index (Phi) is 5.41. The van der Waals surface area contributed by atoms with Crippen LogP contribution in [0.2, 0.25) is 0 Å². The maximum atomic E-state index is 11.6. The van der Waals surface area contributed by atoms with E-state index in [0.717, 1.165) is 12.8 Å². The van der Waals surface area contributed by atoms with Gasteiger partial charge in [-0.05, 0) is 33.6 Å². The van der Waals surface area contributed by atoms with E-state index in [-0.39, 0.29) is 30.5 Å². The van der Waals surface area contributed by atoms with Crippen LogP contribution in [0.3, 0.4) is 0 Å². The molecule has 1 aliphatic rings. The Morgan fingerprint density at radius 2 is 2.12 bits per heavy atom. The molecule has 1 N–H and O–H groups in total. The van der Waals surface area contributed by atoms with Gasteiger partial charge in [0.15, 0.2) is 0 Å². The Morgan fingerprint density at radius 3 is 2.76 bits per heavy atom. The average Bonchev–Trinajstić information content (AvgIpc) is 2.27. The average molecular weight is 242 g/mol. The second kappa shape index (κ2) is 6.59. The van der Waals surface area contributed by atoms with E-state index in [1.165, 1.54) is 0 Å². The highest BCUT2D eigenvalue weighted by atomic mass is 16.5. The van der Waals surface area contributed by atoms with Gasteiger partial charge in [-0.1, -0.05) is 0 Å². The molecule has 0 aromatic heterocycles. The zero-order chi connectivity index (χ0) is 12.8. The molecule has 1 fully saturated rings. The van der Waals surface area contributed by atoms with Gasteiger partial charge in [0.05, 0.1) is 12.6 Å². The number of nitrogens with one attached hydrogen (secondary N) is 1. The molecule has 1 aliphatic heterocycles. The topological polar surface area (TPSA) is 58.6 Å². The van der Waals surface area contributed by atoms with Crippen LogP contribution >= 0.6 is 0 Å². The molecule has 2 amide bonds. The van der Waals surface area contributed by atoms with Crippen molar-refractivity contribution >= 4 is 11.8 Å². The summed E-state index contributed by atoms with van der Waals surface area (Å²) >= 11 is 0. The molecule has 1 heterocycles. The van der Waals surface area contributed by atoms with E-state index in [9.17, 15) is 9.59 Å². The normalized spacial score (nSPS) is 20.9. The van der Waals surface area contributed by atoms with Crippen molar-refractivity contribution in [1.82, 2.24) is 10.2 Å². The van der Waals surface area contributed by atoms with Gasteiger partial charge in [0.1, 0.15) is 6.04 Å². The third kappa shape index (κ3) is 4.34. The number of carbonyl (C=O) groups excluding carboxylic acids is 2. The van der Waals surface area contributed by atoms with E-state index >= 15 is 0 Å². The first-order valence-electron chi connectivity index (χ1n) is 6.21. The molecular formula is C12H22N2O3. The van der Waals surface area contributed by atoms with Crippen molar-refractivity contribution in [2.75, 3.05) is 19.7 Å². The number of piperazine rings is 1. The van der Waals surface area contributed by atoms with Gasteiger partial charge in [0.25, 0.3) is 0 Å². The lowest BCUT2D eigenvalue weighted by Crippen LogP contribution is -2.57. The molecule has 1 unspecified atom stereocenters. The maximum absolute atomic E-state index is 11.6. The molecule has 5 nitrogen and oxygen atoms in total. The van der Waals surface area contributed by atoms with E-state index < -0.39 is 0 Å². The minimum absolute atomic E-state index is 0.00174. The van der Waals surface area contributed by atoms with Gasteiger partial charge in [0, 0.05) is 13.2 Å². The van der Waals surface area contributed by atoms with Crippen molar-refractivity contribution in [2.45, 2.75) is 45.8 Å². The summed E-state index contributed by atoms with van der Waals surface area (Å²) in [5.41, 5.74) is 0. The Morgan fingerprint density at radius 1 is 1.41 bits per heavy atom. The van der Waals surface area contributed by atoms with Crippen molar-refractivity contribution in [3.05, 3.63) is 0 Å². The van der Waals surface area contributed by atoms with Crippen molar-refractivity contribution in [1.29, 1.82) is 0 Å². The van der Waals surface area contributed by atoms with Gasteiger partial charge in [-0.3, -0.25) is 9.59 Å². The van der Waals surface area contributed by atoms with Gasteiger partial charge in [0.2, 0.25) is 11.8 Å². The summed E-state index contributed by atoms with van der Waals surface area (Å²) in [6, 6.07) is -0.345. The molecule has 1 saturated heterocycles. The SMILES string of the molecule is CC(C)OCCCCN1C(=O)CNC(=O)C1C. The predicted molar refractivity (Wildman–Crippen MR) is 64.5 cm³/mol. The Balaban J connectivity index is 2.24. The molecule has 0 aromatic carbocycles. The molecule has 17 heavy (non-hydrogen) atoms. The van der Waals surface area contributed by atoms with Crippen LogP contribution in [0.25, 0.3) is 0 Å². The summed E-state index contributed by atoms with van der Waals surface area (Å²) in [6.45, 7) is 7.24. The summed E-state index contributed by atoms with van der Waals surface area (Å²) < 4.78 is 5.42. The minimum Gasteiger partial charge on any atom is -0.379 e. The first-order chi connectivity index (χ1) is 8.02. The Hall–Kier alpha value is -1.10. The maximum Gasteiger partial charge on any atom is 0.242 e. The lowest BCUT2D eigenvalue weighted by Gasteiger charge is -2.32. The smallest absolute Gasteiger partial charge is 0.242 e. The molecular weight excluding hydrogens is 220 g/mol. The minimum atomic E-state index is -0.345. The fourth-order valence-corrected chi connectivity index (χ4v) is 1.79. The molecule has 0 aromatic rings. The van der Waals surface area contributed by atoms with Crippen molar-refractivity contribution in [2.24, 2.45) is 0 Å². The second-order valence-electron chi connectivity index (χ2n) is 4.61. The molecule has 0 bridgehead atoms. The number of carbonyl (C=O) groups is 2. The standard InChI is InChI=1S/C12H22N2O3/c1-9(2)17-7-5-4-6-14-10(3)12(16)13-8-11(14)15/h9-10H,4-8H2,1-3H3,(H,13,16). The van der Waals surface area contributed by atoms with Crippen LogP contribution in [-0.4, -0.2) is 48.6 Å². The molecule has 1 atom stereocenters. The fourth-order valence-electron chi connectivity index (χ4n) is 1.79. The van der Waals surface area contributed by atoms with E-state index in [1.807, 2.05) is 13.8 Å². The highest BCUT2D eigenvalue weighted by Crippen LogP contribution is 2.07. The van der Waals surface area contributed by atoms with Gasteiger partial charge in [-0.25, -0.2) is 0 Å². The first-order valence-corrected chi connectivity index (χ1v) is 6.21. The molecule has 0 aliphatic carbocycles. The van der Waals surface area contributed by atoms with Crippen molar-refractivity contribution < 1.29 is 14.3 Å². The quantitative estimate of drug-likeness (QED) is 0.692. The summed E-state index contributed by atoms with van der Waals surface area (Å²) in [6.07, 6.45) is 2.03. The van der Waals surface area contributed by atoms with E-state index in [4.69, 9.17) is 4.74 Å². The van der Waals surface area contributed by atoms with Crippen LogP contribution in [0, 0.1) is 0 Å². The van der Waals surface area contributed by atoms with Crippen LogP contribution < -0.4 is 5.32 Å². The number of rotatable bonds is 6. The predicted octanol–water partition coefficient (Wildman–Crippen LogP) is 0.539. The van der Waals surface area contributed by atoms with Gasteiger partial charge < -0.3 is 15.0 Å². The number of ether oxygens (including phenoxy) is 1. The van der Waals surface area contributed by atoms with Crippen LogP contribution in [0.15, 0.2) is 0 Å². The molecule has 5 heteroatoms. The summed E-state index contributed by atoms with van der Waals surface area (Å²) in [7, 11) is 0. The zero-order valence-corrected chi connectivity index (χ0v) is 10.9. The van der Waals surface area contributed by atoms with Gasteiger partial charge in [-0.2, -0.15) is 0 Å². The fraction of sp³-hybridized carbons (Fsp3) is 0.833. The van der Waals surface area contributed by atoms with E-state index in [2.05, 4.69) is 5.32 Å². The summed E-state index contributed by atoms with van der Waals surface area (Å²) in [5, 5.41) is 2.57. The summed E-state index contributed by atoms with van der Waals surface area (Å²) in [5.74, 6) is -0.0649. The first kappa shape index (κ1) is 14.0. The molecule has 1 rings (SSSR count). The lowest BCUT2D eigenvalue weighted by atomic mass is 10.2.